The van der Waals surface area contributed by atoms with Gasteiger partial charge in [0.15, 0.2) is 0 Å². The van der Waals surface area contributed by atoms with Gasteiger partial charge in [-0.25, -0.2) is 0 Å². The largest absolute Gasteiger partial charge is 0.251 e. The highest BCUT2D eigenvalue weighted by Crippen LogP contribution is 2.44. The van der Waals surface area contributed by atoms with Crippen LogP contribution in [0.3, 0.4) is 0 Å². The van der Waals surface area contributed by atoms with Gasteiger partial charge in [0.1, 0.15) is 0 Å². The van der Waals surface area contributed by atoms with Crippen molar-refractivity contribution in [3.63, 3.8) is 0 Å². The summed E-state index contributed by atoms with van der Waals surface area (Å²) in [5.74, 6) is 3.72. The van der Waals surface area contributed by atoms with Gasteiger partial charge in [0.25, 0.3) is 0 Å². The maximum Gasteiger partial charge on any atom is 0.0934 e. The predicted molar refractivity (Wildman–Crippen MR) is 117 cm³/mol. The van der Waals surface area contributed by atoms with Gasteiger partial charge in [-0.2, -0.15) is 0 Å². The van der Waals surface area contributed by atoms with Gasteiger partial charge < -0.3 is 0 Å². The van der Waals surface area contributed by atoms with E-state index in [2.05, 4.69) is 55.5 Å². The van der Waals surface area contributed by atoms with Crippen molar-refractivity contribution in [2.75, 3.05) is 6.67 Å². The van der Waals surface area contributed by atoms with Gasteiger partial charge in [-0.05, 0) is 84.5 Å². The standard InChI is InChI=1S/C27H35F/c1-20-2-6-22(7-3-20)24-10-14-26(15-11-24)27-16-12-25(13-17-27)23-8-4-21(5-9-23)18-19-28/h4-5,8-9,12-13,16-17,20,22,24,26H,2-3,6-7,10-11,14-15,18-19H2,1H3/t20-,22-,24-,26-. The van der Waals surface area contributed by atoms with Gasteiger partial charge in [-0.3, -0.25) is 4.39 Å². The van der Waals surface area contributed by atoms with Crippen molar-refractivity contribution >= 4 is 0 Å². The molecule has 0 radical (unpaired) electrons. The van der Waals surface area contributed by atoms with Crippen molar-refractivity contribution in [3.8, 4) is 11.1 Å². The first-order valence-electron chi connectivity index (χ1n) is 11.5. The molecule has 0 unspecified atom stereocenters. The van der Waals surface area contributed by atoms with Gasteiger partial charge in [-0.1, -0.05) is 68.3 Å². The third-order valence-corrected chi connectivity index (χ3v) is 7.55. The third-order valence-electron chi connectivity index (χ3n) is 7.55. The molecule has 2 fully saturated rings. The summed E-state index contributed by atoms with van der Waals surface area (Å²) in [5.41, 5.74) is 5.09. The van der Waals surface area contributed by atoms with E-state index in [9.17, 15) is 4.39 Å². The highest BCUT2D eigenvalue weighted by Gasteiger charge is 2.30. The maximum absolute atomic E-state index is 12.5. The van der Waals surface area contributed by atoms with Crippen molar-refractivity contribution in [2.24, 2.45) is 17.8 Å². The lowest BCUT2D eigenvalue weighted by Crippen LogP contribution is -2.24. The van der Waals surface area contributed by atoms with Crippen LogP contribution in [0.25, 0.3) is 11.1 Å². The van der Waals surface area contributed by atoms with E-state index in [1.165, 1.54) is 68.1 Å². The van der Waals surface area contributed by atoms with E-state index < -0.39 is 0 Å². The zero-order chi connectivity index (χ0) is 19.3. The minimum atomic E-state index is -0.282. The van der Waals surface area contributed by atoms with Gasteiger partial charge in [-0.15, -0.1) is 0 Å². The molecule has 0 aliphatic heterocycles. The molecule has 0 amide bonds. The van der Waals surface area contributed by atoms with Crippen molar-refractivity contribution in [3.05, 3.63) is 59.7 Å². The summed E-state index contributed by atoms with van der Waals surface area (Å²) in [7, 11) is 0. The number of halogens is 1. The van der Waals surface area contributed by atoms with Crippen LogP contribution in [-0.2, 0) is 6.42 Å². The first-order chi connectivity index (χ1) is 13.7. The fraction of sp³-hybridized carbons (Fsp3) is 0.556. The summed E-state index contributed by atoms with van der Waals surface area (Å²) in [4.78, 5) is 0. The van der Waals surface area contributed by atoms with Crippen LogP contribution < -0.4 is 0 Å². The number of aryl methyl sites for hydroxylation is 1. The molecular weight excluding hydrogens is 343 g/mol. The van der Waals surface area contributed by atoms with Gasteiger partial charge in [0.2, 0.25) is 0 Å². The first-order valence-corrected chi connectivity index (χ1v) is 11.5. The molecule has 4 rings (SSSR count). The van der Waals surface area contributed by atoms with Crippen LogP contribution >= 0.6 is 0 Å². The van der Waals surface area contributed by atoms with Gasteiger partial charge >= 0.3 is 0 Å². The normalized spacial score (nSPS) is 28.2. The molecule has 0 saturated heterocycles. The lowest BCUT2D eigenvalue weighted by molar-refractivity contribution is 0.165. The molecule has 0 spiro atoms. The Balaban J connectivity index is 1.33. The van der Waals surface area contributed by atoms with Crippen LogP contribution in [0.5, 0.6) is 0 Å². The van der Waals surface area contributed by atoms with E-state index in [1.807, 2.05) is 0 Å². The van der Waals surface area contributed by atoms with Crippen LogP contribution in [0.15, 0.2) is 48.5 Å². The second-order valence-electron chi connectivity index (χ2n) is 9.39. The highest BCUT2D eigenvalue weighted by molar-refractivity contribution is 5.64. The minimum absolute atomic E-state index is 0.282. The van der Waals surface area contributed by atoms with Crippen LogP contribution in [0, 0.1) is 17.8 Å². The lowest BCUT2D eigenvalue weighted by Gasteiger charge is -2.37. The Bertz CT molecular complexity index is 714. The highest BCUT2D eigenvalue weighted by atomic mass is 19.1. The molecule has 1 heteroatoms. The molecule has 28 heavy (non-hydrogen) atoms. The molecule has 2 aromatic carbocycles. The van der Waals surface area contributed by atoms with Crippen molar-refractivity contribution in [2.45, 2.75) is 70.6 Å². The average Bonchev–Trinajstić information content (AvgIpc) is 2.75. The van der Waals surface area contributed by atoms with E-state index in [1.54, 1.807) is 0 Å². The third kappa shape index (κ3) is 4.67. The molecule has 0 bridgehead atoms. The molecule has 2 aliphatic rings. The van der Waals surface area contributed by atoms with Gasteiger partial charge in [0.05, 0.1) is 6.67 Å². The second kappa shape index (κ2) is 9.25. The minimum Gasteiger partial charge on any atom is -0.251 e. The number of benzene rings is 2. The van der Waals surface area contributed by atoms with Gasteiger partial charge in [0, 0.05) is 6.42 Å². The first kappa shape index (κ1) is 19.7. The predicted octanol–water partition coefficient (Wildman–Crippen LogP) is 7.97. The molecule has 2 aromatic rings. The fourth-order valence-corrected chi connectivity index (χ4v) is 5.60. The van der Waals surface area contributed by atoms with Crippen LogP contribution in [0.4, 0.5) is 4.39 Å². The summed E-state index contributed by atoms with van der Waals surface area (Å²) in [6.07, 6.45) is 12.0. The number of hydrogen-bond donors (Lipinski definition) is 0. The molecule has 0 aromatic heterocycles. The monoisotopic (exact) mass is 378 g/mol. The van der Waals surface area contributed by atoms with Crippen molar-refractivity contribution < 1.29 is 4.39 Å². The summed E-state index contributed by atoms with van der Waals surface area (Å²) in [5, 5.41) is 0. The maximum atomic E-state index is 12.5. The molecule has 2 aliphatic carbocycles. The Morgan fingerprint density at radius 2 is 1.18 bits per heavy atom. The van der Waals surface area contributed by atoms with Crippen molar-refractivity contribution in [1.82, 2.24) is 0 Å². The Kier molecular flexibility index (Phi) is 6.50. The summed E-state index contributed by atoms with van der Waals surface area (Å²) in [6.45, 7) is 2.14. The molecule has 150 valence electrons. The molecule has 0 nitrogen and oxygen atoms in total. The van der Waals surface area contributed by atoms with E-state index in [4.69, 9.17) is 0 Å². The molecule has 2 saturated carbocycles. The van der Waals surface area contributed by atoms with Crippen LogP contribution in [0.2, 0.25) is 0 Å². The van der Waals surface area contributed by atoms with E-state index in [0.29, 0.717) is 6.42 Å². The second-order valence-corrected chi connectivity index (χ2v) is 9.39. The van der Waals surface area contributed by atoms with Crippen LogP contribution in [0.1, 0.15) is 75.3 Å². The SMILES string of the molecule is C[C@H]1CC[C@H]([C@H]2CC[C@H](c3ccc(-c4ccc(CCF)cc4)cc3)CC2)CC1. The zero-order valence-electron chi connectivity index (χ0n) is 17.4. The average molecular weight is 379 g/mol. The fourth-order valence-electron chi connectivity index (χ4n) is 5.60. The molecular formula is C27H35F. The van der Waals surface area contributed by atoms with E-state index in [-0.39, 0.29) is 6.67 Å². The lowest BCUT2D eigenvalue weighted by atomic mass is 9.68. The number of rotatable bonds is 5. The van der Waals surface area contributed by atoms with E-state index in [0.717, 1.165) is 29.2 Å². The number of alkyl halides is 1. The Hall–Kier alpha value is -1.63. The molecule has 0 N–H and O–H groups in total. The Morgan fingerprint density at radius 1 is 0.679 bits per heavy atom. The molecule has 0 heterocycles. The quantitative estimate of drug-likeness (QED) is 0.495. The summed E-state index contributed by atoms with van der Waals surface area (Å²) < 4.78 is 12.5. The topological polar surface area (TPSA) is 0 Å². The smallest absolute Gasteiger partial charge is 0.0934 e. The molecule has 0 atom stereocenters. The zero-order valence-corrected chi connectivity index (χ0v) is 17.4. The van der Waals surface area contributed by atoms with E-state index >= 15 is 0 Å². The Labute approximate surface area is 170 Å². The summed E-state index contributed by atoms with van der Waals surface area (Å²) >= 11 is 0. The van der Waals surface area contributed by atoms with Crippen molar-refractivity contribution in [1.29, 1.82) is 0 Å². The number of hydrogen-bond acceptors (Lipinski definition) is 0. The Morgan fingerprint density at radius 3 is 1.71 bits per heavy atom. The van der Waals surface area contributed by atoms with Crippen LogP contribution in [-0.4, -0.2) is 6.67 Å². The summed E-state index contributed by atoms with van der Waals surface area (Å²) in [6, 6.07) is 17.6.